The minimum Gasteiger partial charge on any atom is -0.447 e. The lowest BCUT2D eigenvalue weighted by atomic mass is 10.2. The second-order valence-corrected chi connectivity index (χ2v) is 5.29. The third-order valence-electron chi connectivity index (χ3n) is 3.82. The molecule has 0 radical (unpaired) electrons. The summed E-state index contributed by atoms with van der Waals surface area (Å²) in [5.74, 6) is 0. The summed E-state index contributed by atoms with van der Waals surface area (Å²) >= 11 is 0. The Morgan fingerprint density at radius 3 is 2.76 bits per heavy atom. The van der Waals surface area contributed by atoms with Crippen molar-refractivity contribution < 1.29 is 14.3 Å². The Morgan fingerprint density at radius 2 is 2.05 bits per heavy atom. The van der Waals surface area contributed by atoms with E-state index < -0.39 is 0 Å². The van der Waals surface area contributed by atoms with Gasteiger partial charge < -0.3 is 15.0 Å². The van der Waals surface area contributed by atoms with Crippen LogP contribution in [0.3, 0.4) is 0 Å². The van der Waals surface area contributed by atoms with Crippen molar-refractivity contribution in [3.63, 3.8) is 0 Å². The Hall–Kier alpha value is -2.24. The van der Waals surface area contributed by atoms with Gasteiger partial charge in [0.05, 0.1) is 6.54 Å². The van der Waals surface area contributed by atoms with E-state index in [1.54, 1.807) is 4.90 Å². The Labute approximate surface area is 123 Å². The van der Waals surface area contributed by atoms with E-state index >= 15 is 0 Å². The van der Waals surface area contributed by atoms with Crippen LogP contribution in [-0.4, -0.2) is 43.3 Å². The van der Waals surface area contributed by atoms with Gasteiger partial charge in [0.1, 0.15) is 6.61 Å². The number of nitrogens with one attached hydrogen (secondary N) is 1. The molecule has 6 heteroatoms. The summed E-state index contributed by atoms with van der Waals surface area (Å²) in [5, 5.41) is 2.92. The zero-order valence-corrected chi connectivity index (χ0v) is 11.9. The number of likely N-dealkylation sites (tertiary alicyclic amines) is 1. The second-order valence-electron chi connectivity index (χ2n) is 5.29. The molecule has 2 fully saturated rings. The average Bonchev–Trinajstić information content (AvgIpc) is 3.16. The molecule has 1 N–H and O–H groups in total. The van der Waals surface area contributed by atoms with Crippen molar-refractivity contribution in [2.75, 3.05) is 31.1 Å². The lowest BCUT2D eigenvalue weighted by molar-refractivity contribution is 0.181. The van der Waals surface area contributed by atoms with E-state index in [9.17, 15) is 9.59 Å². The maximum absolute atomic E-state index is 11.9. The molecule has 0 spiro atoms. The van der Waals surface area contributed by atoms with Gasteiger partial charge in [-0.2, -0.15) is 0 Å². The van der Waals surface area contributed by atoms with Crippen LogP contribution in [-0.2, 0) is 11.3 Å². The summed E-state index contributed by atoms with van der Waals surface area (Å²) < 4.78 is 4.94. The van der Waals surface area contributed by atoms with Gasteiger partial charge in [-0.25, -0.2) is 9.59 Å². The van der Waals surface area contributed by atoms with Crippen LogP contribution in [0.5, 0.6) is 0 Å². The molecular formula is C15H19N3O3. The van der Waals surface area contributed by atoms with Crippen LogP contribution in [0.2, 0.25) is 0 Å². The van der Waals surface area contributed by atoms with Gasteiger partial charge in [-0.3, -0.25) is 4.90 Å². The highest BCUT2D eigenvalue weighted by atomic mass is 16.6. The van der Waals surface area contributed by atoms with Crippen molar-refractivity contribution in [2.45, 2.75) is 19.4 Å². The van der Waals surface area contributed by atoms with Gasteiger partial charge in [0.15, 0.2) is 0 Å². The monoisotopic (exact) mass is 289 g/mol. The number of rotatable bonds is 3. The normalized spacial score (nSPS) is 18.0. The van der Waals surface area contributed by atoms with Crippen LogP contribution < -0.4 is 10.2 Å². The highest BCUT2D eigenvalue weighted by molar-refractivity contribution is 5.89. The molecule has 0 unspecified atom stereocenters. The number of amides is 3. The SMILES string of the molecule is O=C(NCc1cccc(N2CCOC2=O)c1)N1CCCC1. The van der Waals surface area contributed by atoms with E-state index in [1.807, 2.05) is 29.2 Å². The molecule has 2 aliphatic heterocycles. The molecule has 21 heavy (non-hydrogen) atoms. The first-order valence-electron chi connectivity index (χ1n) is 7.30. The molecule has 1 aromatic rings. The standard InChI is InChI=1S/C15H19N3O3/c19-14(17-6-1-2-7-17)16-11-12-4-3-5-13(10-12)18-8-9-21-15(18)20/h3-5,10H,1-2,6-9,11H2,(H,16,19). The molecule has 0 aromatic heterocycles. The van der Waals surface area contributed by atoms with Crippen LogP contribution in [0.25, 0.3) is 0 Å². The van der Waals surface area contributed by atoms with Gasteiger partial charge in [0.25, 0.3) is 0 Å². The average molecular weight is 289 g/mol. The number of anilines is 1. The third kappa shape index (κ3) is 3.09. The highest BCUT2D eigenvalue weighted by Crippen LogP contribution is 2.20. The fraction of sp³-hybridized carbons (Fsp3) is 0.467. The zero-order valence-electron chi connectivity index (χ0n) is 11.9. The van der Waals surface area contributed by atoms with E-state index in [0.29, 0.717) is 19.7 Å². The predicted octanol–water partition coefficient (Wildman–Crippen LogP) is 1.95. The molecule has 6 nitrogen and oxygen atoms in total. The van der Waals surface area contributed by atoms with E-state index in [2.05, 4.69) is 5.32 Å². The molecule has 2 aliphatic rings. The van der Waals surface area contributed by atoms with E-state index in [-0.39, 0.29) is 12.1 Å². The number of cyclic esters (lactones) is 1. The van der Waals surface area contributed by atoms with Crippen molar-refractivity contribution in [3.8, 4) is 0 Å². The van der Waals surface area contributed by atoms with Crippen LogP contribution in [0.1, 0.15) is 18.4 Å². The van der Waals surface area contributed by atoms with Crippen LogP contribution >= 0.6 is 0 Å². The first-order valence-corrected chi connectivity index (χ1v) is 7.30. The van der Waals surface area contributed by atoms with E-state index in [0.717, 1.165) is 37.2 Å². The van der Waals surface area contributed by atoms with Crippen molar-refractivity contribution in [2.24, 2.45) is 0 Å². The molecule has 3 amide bonds. The van der Waals surface area contributed by atoms with Crippen LogP contribution in [0, 0.1) is 0 Å². The Balaban J connectivity index is 1.60. The number of carbonyl (C=O) groups is 2. The van der Waals surface area contributed by atoms with Gasteiger partial charge in [0, 0.05) is 25.3 Å². The minimum atomic E-state index is -0.312. The topological polar surface area (TPSA) is 61.9 Å². The summed E-state index contributed by atoms with van der Waals surface area (Å²) in [6, 6.07) is 7.60. The van der Waals surface area contributed by atoms with E-state index in [1.165, 1.54) is 0 Å². The number of nitrogens with zero attached hydrogens (tertiary/aromatic N) is 2. The minimum absolute atomic E-state index is 0.0153. The van der Waals surface area contributed by atoms with Crippen molar-refractivity contribution in [1.82, 2.24) is 10.2 Å². The molecule has 1 aromatic carbocycles. The van der Waals surface area contributed by atoms with Crippen molar-refractivity contribution in [3.05, 3.63) is 29.8 Å². The number of hydrogen-bond donors (Lipinski definition) is 1. The van der Waals surface area contributed by atoms with Crippen molar-refractivity contribution in [1.29, 1.82) is 0 Å². The fourth-order valence-electron chi connectivity index (χ4n) is 2.67. The lowest BCUT2D eigenvalue weighted by Gasteiger charge is -2.17. The summed E-state index contributed by atoms with van der Waals surface area (Å²) in [7, 11) is 0. The molecular weight excluding hydrogens is 270 g/mol. The zero-order chi connectivity index (χ0) is 14.7. The Bertz CT molecular complexity index is 541. The molecule has 0 saturated carbocycles. The summed E-state index contributed by atoms with van der Waals surface area (Å²) in [6.45, 7) is 3.14. The first kappa shape index (κ1) is 13.7. The van der Waals surface area contributed by atoms with Gasteiger partial charge in [-0.05, 0) is 30.5 Å². The number of ether oxygens (including phenoxy) is 1. The largest absolute Gasteiger partial charge is 0.447 e. The maximum atomic E-state index is 11.9. The van der Waals surface area contributed by atoms with Crippen molar-refractivity contribution >= 4 is 17.8 Å². The first-order chi connectivity index (χ1) is 10.2. The lowest BCUT2D eigenvalue weighted by Crippen LogP contribution is -2.37. The van der Waals surface area contributed by atoms with Gasteiger partial charge >= 0.3 is 12.1 Å². The summed E-state index contributed by atoms with van der Waals surface area (Å²) in [5.41, 5.74) is 1.78. The van der Waals surface area contributed by atoms with Gasteiger partial charge in [-0.1, -0.05) is 12.1 Å². The van der Waals surface area contributed by atoms with Crippen LogP contribution in [0.4, 0.5) is 15.3 Å². The predicted molar refractivity (Wildman–Crippen MR) is 78.2 cm³/mol. The van der Waals surface area contributed by atoms with E-state index in [4.69, 9.17) is 4.74 Å². The molecule has 0 aliphatic carbocycles. The second kappa shape index (κ2) is 6.03. The summed E-state index contributed by atoms with van der Waals surface area (Å²) in [6.07, 6.45) is 1.85. The Kier molecular flexibility index (Phi) is 3.94. The molecule has 0 atom stereocenters. The molecule has 0 bridgehead atoms. The van der Waals surface area contributed by atoms with Gasteiger partial charge in [-0.15, -0.1) is 0 Å². The highest BCUT2D eigenvalue weighted by Gasteiger charge is 2.23. The smallest absolute Gasteiger partial charge is 0.414 e. The quantitative estimate of drug-likeness (QED) is 0.925. The number of benzene rings is 1. The van der Waals surface area contributed by atoms with Gasteiger partial charge in [0.2, 0.25) is 0 Å². The van der Waals surface area contributed by atoms with Crippen LogP contribution in [0.15, 0.2) is 24.3 Å². The molecule has 2 saturated heterocycles. The molecule has 2 heterocycles. The number of carbonyl (C=O) groups excluding carboxylic acids is 2. The Morgan fingerprint density at radius 1 is 1.24 bits per heavy atom. The molecule has 112 valence electrons. The number of urea groups is 1. The molecule has 3 rings (SSSR count). The fourth-order valence-corrected chi connectivity index (χ4v) is 2.67. The summed E-state index contributed by atoms with van der Waals surface area (Å²) in [4.78, 5) is 26.9. The third-order valence-corrected chi connectivity index (χ3v) is 3.82. The maximum Gasteiger partial charge on any atom is 0.414 e. The number of hydrogen-bond acceptors (Lipinski definition) is 3.